The van der Waals surface area contributed by atoms with Gasteiger partial charge < -0.3 is 14.8 Å². The van der Waals surface area contributed by atoms with Gasteiger partial charge in [0.1, 0.15) is 12.4 Å². The minimum absolute atomic E-state index is 0.0457. The molecule has 0 aliphatic heterocycles. The third-order valence-corrected chi connectivity index (χ3v) is 4.15. The molecule has 0 saturated carbocycles. The van der Waals surface area contributed by atoms with Gasteiger partial charge in [-0.1, -0.05) is 6.07 Å². The molecule has 0 amide bonds. The van der Waals surface area contributed by atoms with Gasteiger partial charge >= 0.3 is 6.18 Å². The zero-order valence-electron chi connectivity index (χ0n) is 13.7. The fourth-order valence-electron chi connectivity index (χ4n) is 2.14. The van der Waals surface area contributed by atoms with E-state index < -0.39 is 11.7 Å². The van der Waals surface area contributed by atoms with Gasteiger partial charge in [-0.25, -0.2) is 0 Å². The lowest BCUT2D eigenvalue weighted by Gasteiger charge is -2.12. The van der Waals surface area contributed by atoms with Crippen molar-refractivity contribution in [2.75, 3.05) is 12.4 Å². The molecule has 2 heterocycles. The maximum atomic E-state index is 12.8. The lowest BCUT2D eigenvalue weighted by atomic mass is 10.2. The number of alkyl halides is 3. The number of benzene rings is 1. The van der Waals surface area contributed by atoms with Crippen LogP contribution in [0.1, 0.15) is 11.1 Å². The molecule has 0 saturated heterocycles. The van der Waals surface area contributed by atoms with Crippen molar-refractivity contribution in [3.8, 4) is 17.5 Å². The number of pyridine rings is 1. The third-order valence-electron chi connectivity index (χ3n) is 3.42. The van der Waals surface area contributed by atoms with Gasteiger partial charge in [0, 0.05) is 30.4 Å². The number of nitrogens with one attached hydrogen (secondary N) is 1. The van der Waals surface area contributed by atoms with Crippen molar-refractivity contribution in [2.24, 2.45) is 0 Å². The van der Waals surface area contributed by atoms with Crippen LogP contribution >= 0.6 is 11.3 Å². The summed E-state index contributed by atoms with van der Waals surface area (Å²) in [5.74, 6) is 0.492. The Kier molecular flexibility index (Phi) is 5.32. The Labute approximate surface area is 152 Å². The van der Waals surface area contributed by atoms with Gasteiger partial charge in [-0.05, 0) is 35.0 Å². The van der Waals surface area contributed by atoms with Crippen LogP contribution in [0.25, 0.3) is 0 Å². The number of halogens is 3. The first-order valence-corrected chi connectivity index (χ1v) is 8.57. The number of ether oxygens (including phenoxy) is 2. The van der Waals surface area contributed by atoms with E-state index in [1.54, 1.807) is 30.5 Å². The molecule has 0 spiro atoms. The van der Waals surface area contributed by atoms with Gasteiger partial charge in [-0.15, -0.1) is 0 Å². The van der Waals surface area contributed by atoms with Gasteiger partial charge in [-0.3, -0.25) is 0 Å². The summed E-state index contributed by atoms with van der Waals surface area (Å²) in [4.78, 5) is 4.21. The standard InChI is InChI=1S/C18H15F3N2O2S/c1-22-14-8-16(24-10-12-5-6-26-11-12)23-17(9-14)25-15-4-2-3-13(7-15)18(19,20)21/h2-9,11H,10H2,1H3,(H,22,23). The summed E-state index contributed by atoms with van der Waals surface area (Å²) in [6.45, 7) is 0.340. The van der Waals surface area contributed by atoms with Gasteiger partial charge in [0.15, 0.2) is 0 Å². The largest absolute Gasteiger partial charge is 0.473 e. The number of anilines is 1. The van der Waals surface area contributed by atoms with Crippen molar-refractivity contribution < 1.29 is 22.6 Å². The average Bonchev–Trinajstić information content (AvgIpc) is 3.13. The normalized spacial score (nSPS) is 11.2. The molecule has 0 atom stereocenters. The summed E-state index contributed by atoms with van der Waals surface area (Å²) < 4.78 is 49.6. The number of hydrogen-bond donors (Lipinski definition) is 1. The second-order valence-electron chi connectivity index (χ2n) is 5.33. The zero-order chi connectivity index (χ0) is 18.6. The Bertz CT molecular complexity index is 867. The van der Waals surface area contributed by atoms with Crippen LogP contribution in [0.3, 0.4) is 0 Å². The molecule has 136 valence electrons. The molecule has 8 heteroatoms. The molecule has 0 bridgehead atoms. The predicted octanol–water partition coefficient (Wildman–Crippen LogP) is 5.57. The van der Waals surface area contributed by atoms with E-state index in [1.807, 2.05) is 16.8 Å². The summed E-state index contributed by atoms with van der Waals surface area (Å²) in [6, 6.07) is 9.85. The monoisotopic (exact) mass is 380 g/mol. The SMILES string of the molecule is CNc1cc(OCc2ccsc2)nc(Oc2cccc(C(F)(F)F)c2)c1. The molecule has 1 N–H and O–H groups in total. The minimum Gasteiger partial charge on any atom is -0.473 e. The van der Waals surface area contributed by atoms with Crippen LogP contribution in [0.5, 0.6) is 17.5 Å². The molecule has 2 aromatic heterocycles. The van der Waals surface area contributed by atoms with Crippen molar-refractivity contribution in [3.05, 3.63) is 64.4 Å². The second kappa shape index (κ2) is 7.65. The van der Waals surface area contributed by atoms with Crippen LogP contribution in [0.2, 0.25) is 0 Å². The molecular formula is C18H15F3N2O2S. The zero-order valence-corrected chi connectivity index (χ0v) is 14.5. The van der Waals surface area contributed by atoms with E-state index in [2.05, 4.69) is 10.3 Å². The summed E-state index contributed by atoms with van der Waals surface area (Å²) in [7, 11) is 1.71. The summed E-state index contributed by atoms with van der Waals surface area (Å²) in [6.07, 6.45) is -4.44. The van der Waals surface area contributed by atoms with Gasteiger partial charge in [0.05, 0.1) is 5.56 Å². The van der Waals surface area contributed by atoms with E-state index >= 15 is 0 Å². The van der Waals surface area contributed by atoms with Gasteiger partial charge in [0.25, 0.3) is 0 Å². The third kappa shape index (κ3) is 4.66. The minimum atomic E-state index is -4.44. The first-order valence-electron chi connectivity index (χ1n) is 7.63. The van der Waals surface area contributed by atoms with Gasteiger partial charge in [-0.2, -0.15) is 29.5 Å². The second-order valence-corrected chi connectivity index (χ2v) is 6.11. The quantitative estimate of drug-likeness (QED) is 0.607. The lowest BCUT2D eigenvalue weighted by Crippen LogP contribution is -2.04. The Balaban J connectivity index is 1.79. The van der Waals surface area contributed by atoms with Crippen LogP contribution < -0.4 is 14.8 Å². The van der Waals surface area contributed by atoms with E-state index in [-0.39, 0.29) is 11.6 Å². The van der Waals surface area contributed by atoms with Crippen molar-refractivity contribution in [1.82, 2.24) is 4.98 Å². The lowest BCUT2D eigenvalue weighted by molar-refractivity contribution is -0.137. The molecule has 3 aromatic rings. The first kappa shape index (κ1) is 18.1. The maximum absolute atomic E-state index is 12.8. The van der Waals surface area contributed by atoms with Crippen LogP contribution in [0.15, 0.2) is 53.2 Å². The van der Waals surface area contributed by atoms with E-state index in [1.165, 1.54) is 12.1 Å². The first-order chi connectivity index (χ1) is 12.4. The molecule has 4 nitrogen and oxygen atoms in total. The van der Waals surface area contributed by atoms with E-state index in [4.69, 9.17) is 9.47 Å². The fraction of sp³-hybridized carbons (Fsp3) is 0.167. The highest BCUT2D eigenvalue weighted by Crippen LogP contribution is 2.33. The maximum Gasteiger partial charge on any atom is 0.416 e. The van der Waals surface area contributed by atoms with E-state index in [0.717, 1.165) is 17.7 Å². The van der Waals surface area contributed by atoms with Crippen LogP contribution in [-0.2, 0) is 12.8 Å². The molecule has 0 aliphatic carbocycles. The topological polar surface area (TPSA) is 43.4 Å². The predicted molar refractivity (Wildman–Crippen MR) is 94.0 cm³/mol. The number of aromatic nitrogens is 1. The van der Waals surface area contributed by atoms with Crippen LogP contribution in [-0.4, -0.2) is 12.0 Å². The Morgan fingerprint density at radius 3 is 2.62 bits per heavy atom. The molecule has 0 radical (unpaired) electrons. The molecule has 1 aromatic carbocycles. The molecule has 0 aliphatic rings. The number of nitrogens with zero attached hydrogens (tertiary/aromatic N) is 1. The summed E-state index contributed by atoms with van der Waals surface area (Å²) in [5.41, 5.74) is 0.892. The fourth-order valence-corrected chi connectivity index (χ4v) is 2.79. The summed E-state index contributed by atoms with van der Waals surface area (Å²) in [5, 5.41) is 6.85. The van der Waals surface area contributed by atoms with E-state index in [0.29, 0.717) is 18.2 Å². The Hall–Kier alpha value is -2.74. The summed E-state index contributed by atoms with van der Waals surface area (Å²) >= 11 is 1.56. The number of thiophene rings is 1. The Morgan fingerprint density at radius 1 is 1.12 bits per heavy atom. The van der Waals surface area contributed by atoms with Crippen LogP contribution in [0.4, 0.5) is 18.9 Å². The van der Waals surface area contributed by atoms with E-state index in [9.17, 15) is 13.2 Å². The molecule has 3 rings (SSSR count). The van der Waals surface area contributed by atoms with Gasteiger partial charge in [0.2, 0.25) is 11.8 Å². The smallest absolute Gasteiger partial charge is 0.416 e. The Morgan fingerprint density at radius 2 is 1.92 bits per heavy atom. The highest BCUT2D eigenvalue weighted by Gasteiger charge is 2.30. The average molecular weight is 380 g/mol. The van der Waals surface area contributed by atoms with Crippen molar-refractivity contribution in [1.29, 1.82) is 0 Å². The number of rotatable bonds is 6. The molecule has 0 fully saturated rings. The molecule has 0 unspecified atom stereocenters. The number of hydrogen-bond acceptors (Lipinski definition) is 5. The van der Waals surface area contributed by atoms with Crippen molar-refractivity contribution in [3.63, 3.8) is 0 Å². The van der Waals surface area contributed by atoms with Crippen molar-refractivity contribution in [2.45, 2.75) is 12.8 Å². The van der Waals surface area contributed by atoms with Crippen molar-refractivity contribution >= 4 is 17.0 Å². The highest BCUT2D eigenvalue weighted by molar-refractivity contribution is 7.07. The molecule has 26 heavy (non-hydrogen) atoms. The molecular weight excluding hydrogens is 365 g/mol. The van der Waals surface area contributed by atoms with Crippen LogP contribution in [0, 0.1) is 0 Å². The highest BCUT2D eigenvalue weighted by atomic mass is 32.1.